The van der Waals surface area contributed by atoms with Gasteiger partial charge in [-0.05, 0) is 43.7 Å². The highest BCUT2D eigenvalue weighted by molar-refractivity contribution is 6.05. The summed E-state index contributed by atoms with van der Waals surface area (Å²) < 4.78 is 1.63. The third kappa shape index (κ3) is 2.10. The van der Waals surface area contributed by atoms with Gasteiger partial charge in [-0.3, -0.25) is 14.2 Å². The smallest absolute Gasteiger partial charge is 0.262 e. The molecule has 1 aromatic heterocycles. The molecule has 0 N–H and O–H groups in total. The summed E-state index contributed by atoms with van der Waals surface area (Å²) in [6.45, 7) is 3.43. The number of para-hydroxylation sites is 1. The fourth-order valence-electron chi connectivity index (χ4n) is 4.04. The molecule has 1 saturated heterocycles. The molecular formula is C18H21N3O2. The lowest BCUT2D eigenvalue weighted by molar-refractivity contribution is 0.101. The number of hydrogen-bond donors (Lipinski definition) is 0. The molecule has 0 amide bonds. The summed E-state index contributed by atoms with van der Waals surface area (Å²) in [5, 5.41) is 0.515. The van der Waals surface area contributed by atoms with Crippen molar-refractivity contribution < 1.29 is 4.79 Å². The van der Waals surface area contributed by atoms with Gasteiger partial charge in [0.2, 0.25) is 5.95 Å². The summed E-state index contributed by atoms with van der Waals surface area (Å²) in [5.41, 5.74) is 1.42. The Morgan fingerprint density at radius 2 is 2.04 bits per heavy atom. The maximum Gasteiger partial charge on any atom is 0.262 e. The van der Waals surface area contributed by atoms with E-state index < -0.39 is 0 Å². The number of benzene rings is 1. The van der Waals surface area contributed by atoms with Crippen molar-refractivity contribution in [1.82, 2.24) is 9.55 Å². The molecule has 1 aliphatic heterocycles. The Labute approximate surface area is 134 Å². The van der Waals surface area contributed by atoms with Gasteiger partial charge in [-0.15, -0.1) is 0 Å². The third-order valence-corrected chi connectivity index (χ3v) is 5.60. The number of carbonyl (C=O) groups excluding carboxylic acids is 1. The van der Waals surface area contributed by atoms with Crippen LogP contribution in [-0.2, 0) is 7.05 Å². The number of nitrogens with zero attached hydrogens (tertiary/aromatic N) is 3. The van der Waals surface area contributed by atoms with Crippen molar-refractivity contribution in [2.45, 2.75) is 32.6 Å². The predicted molar refractivity (Wildman–Crippen MR) is 90.1 cm³/mol. The van der Waals surface area contributed by atoms with Crippen molar-refractivity contribution >= 4 is 22.6 Å². The van der Waals surface area contributed by atoms with Crippen LogP contribution in [0.3, 0.4) is 0 Å². The zero-order valence-electron chi connectivity index (χ0n) is 13.6. The van der Waals surface area contributed by atoms with E-state index in [1.165, 1.54) is 32.6 Å². The second-order valence-corrected chi connectivity index (χ2v) is 7.06. The lowest BCUT2D eigenvalue weighted by Gasteiger charge is -2.38. The van der Waals surface area contributed by atoms with Gasteiger partial charge in [-0.2, -0.15) is 0 Å². The van der Waals surface area contributed by atoms with Crippen molar-refractivity contribution in [2.24, 2.45) is 12.5 Å². The number of aromatic nitrogens is 2. The molecule has 0 atom stereocenters. The van der Waals surface area contributed by atoms with Crippen LogP contribution in [0, 0.1) is 5.41 Å². The minimum absolute atomic E-state index is 0.0563. The van der Waals surface area contributed by atoms with Gasteiger partial charge in [0, 0.05) is 25.7 Å². The van der Waals surface area contributed by atoms with Crippen LogP contribution in [0.5, 0.6) is 0 Å². The third-order valence-electron chi connectivity index (χ3n) is 5.60. The van der Waals surface area contributed by atoms with Gasteiger partial charge < -0.3 is 4.90 Å². The SMILES string of the molecule is CC(=O)c1cccc2c(=O)n(C)c(N3CCC4(CCC4)C3)nc12. The summed E-state index contributed by atoms with van der Waals surface area (Å²) in [4.78, 5) is 31.5. The van der Waals surface area contributed by atoms with Crippen LogP contribution in [0.1, 0.15) is 43.0 Å². The molecule has 0 radical (unpaired) electrons. The Kier molecular flexibility index (Phi) is 3.08. The van der Waals surface area contributed by atoms with E-state index in [-0.39, 0.29) is 11.3 Å². The van der Waals surface area contributed by atoms with Crippen LogP contribution < -0.4 is 10.5 Å². The highest BCUT2D eigenvalue weighted by Crippen LogP contribution is 2.48. The van der Waals surface area contributed by atoms with Crippen molar-refractivity contribution in [3.63, 3.8) is 0 Å². The molecule has 1 spiro atoms. The van der Waals surface area contributed by atoms with Gasteiger partial charge in [-0.1, -0.05) is 12.5 Å². The van der Waals surface area contributed by atoms with Crippen molar-refractivity contribution in [3.05, 3.63) is 34.1 Å². The van der Waals surface area contributed by atoms with Crippen LogP contribution in [0.2, 0.25) is 0 Å². The van der Waals surface area contributed by atoms with E-state index in [0.717, 1.165) is 13.1 Å². The standard InChI is InChI=1S/C18H21N3O2/c1-12(22)13-5-3-6-14-15(13)19-17(20(2)16(14)23)21-10-9-18(11-21)7-4-8-18/h3,5-6H,4,7-11H2,1-2H3. The number of rotatable bonds is 2. The molecule has 0 unspecified atom stereocenters. The van der Waals surface area contributed by atoms with E-state index in [9.17, 15) is 9.59 Å². The summed E-state index contributed by atoms with van der Waals surface area (Å²) in [7, 11) is 1.77. The molecule has 2 aliphatic rings. The van der Waals surface area contributed by atoms with Gasteiger partial charge in [0.05, 0.1) is 10.9 Å². The van der Waals surface area contributed by atoms with Gasteiger partial charge in [0.15, 0.2) is 5.78 Å². The Morgan fingerprint density at radius 1 is 1.26 bits per heavy atom. The molecule has 0 bridgehead atoms. The van der Waals surface area contributed by atoms with Crippen molar-refractivity contribution in [2.75, 3.05) is 18.0 Å². The van der Waals surface area contributed by atoms with Crippen LogP contribution in [0.15, 0.2) is 23.0 Å². The lowest BCUT2D eigenvalue weighted by Crippen LogP contribution is -2.35. The topological polar surface area (TPSA) is 55.2 Å². The molecule has 1 saturated carbocycles. The summed E-state index contributed by atoms with van der Waals surface area (Å²) in [6, 6.07) is 5.25. The first-order chi connectivity index (χ1) is 11.0. The molecule has 2 aromatic rings. The molecule has 5 nitrogen and oxygen atoms in total. The van der Waals surface area contributed by atoms with Gasteiger partial charge in [-0.25, -0.2) is 4.98 Å². The molecule has 23 heavy (non-hydrogen) atoms. The number of carbonyl (C=O) groups is 1. The zero-order valence-corrected chi connectivity index (χ0v) is 13.6. The molecule has 4 rings (SSSR count). The normalized spacial score (nSPS) is 19.3. The van der Waals surface area contributed by atoms with E-state index in [2.05, 4.69) is 4.90 Å². The monoisotopic (exact) mass is 311 g/mol. The largest absolute Gasteiger partial charge is 0.342 e. The Balaban J connectivity index is 1.87. The fourth-order valence-corrected chi connectivity index (χ4v) is 4.04. The molecule has 1 aromatic carbocycles. The molecule has 120 valence electrons. The molecule has 2 heterocycles. The van der Waals surface area contributed by atoms with Crippen LogP contribution in [0.25, 0.3) is 10.9 Å². The average Bonchev–Trinajstić information content (AvgIpc) is 2.95. The zero-order chi connectivity index (χ0) is 16.2. The minimum atomic E-state index is -0.0809. The first kappa shape index (κ1) is 14.4. The van der Waals surface area contributed by atoms with Gasteiger partial charge in [0.25, 0.3) is 5.56 Å². The summed E-state index contributed by atoms with van der Waals surface area (Å²) in [5.74, 6) is 0.638. The quantitative estimate of drug-likeness (QED) is 0.800. The molecule has 2 fully saturated rings. The number of Topliss-reactive ketones (excluding diaryl/α,β-unsaturated/α-hetero) is 1. The number of ketones is 1. The number of anilines is 1. The van der Waals surface area contributed by atoms with Crippen molar-refractivity contribution in [1.29, 1.82) is 0 Å². The summed E-state index contributed by atoms with van der Waals surface area (Å²) >= 11 is 0. The predicted octanol–water partition coefficient (Wildman–Crippen LogP) is 2.52. The first-order valence-corrected chi connectivity index (χ1v) is 8.26. The Morgan fingerprint density at radius 3 is 2.65 bits per heavy atom. The van der Waals surface area contributed by atoms with E-state index in [4.69, 9.17) is 4.98 Å². The van der Waals surface area contributed by atoms with Crippen molar-refractivity contribution in [3.8, 4) is 0 Å². The minimum Gasteiger partial charge on any atom is -0.342 e. The van der Waals surface area contributed by atoms with Crippen LogP contribution in [-0.4, -0.2) is 28.4 Å². The molecule has 1 aliphatic carbocycles. The van der Waals surface area contributed by atoms with E-state index in [0.29, 0.717) is 27.8 Å². The van der Waals surface area contributed by atoms with Crippen LogP contribution >= 0.6 is 0 Å². The van der Waals surface area contributed by atoms with E-state index >= 15 is 0 Å². The highest BCUT2D eigenvalue weighted by atomic mass is 16.1. The molecule has 5 heteroatoms. The lowest BCUT2D eigenvalue weighted by atomic mass is 9.68. The second kappa shape index (κ2) is 4.91. The maximum absolute atomic E-state index is 12.7. The fraction of sp³-hybridized carbons (Fsp3) is 0.500. The maximum atomic E-state index is 12.7. The second-order valence-electron chi connectivity index (χ2n) is 7.06. The highest BCUT2D eigenvalue weighted by Gasteiger charge is 2.43. The first-order valence-electron chi connectivity index (χ1n) is 8.26. The summed E-state index contributed by atoms with van der Waals surface area (Å²) in [6.07, 6.45) is 5.05. The van der Waals surface area contributed by atoms with Crippen LogP contribution in [0.4, 0.5) is 5.95 Å². The molecular weight excluding hydrogens is 290 g/mol. The van der Waals surface area contributed by atoms with E-state index in [1.807, 2.05) is 0 Å². The Bertz CT molecular complexity index is 864. The van der Waals surface area contributed by atoms with Gasteiger partial charge >= 0.3 is 0 Å². The number of fused-ring (bicyclic) bond motifs is 1. The van der Waals surface area contributed by atoms with Gasteiger partial charge in [0.1, 0.15) is 0 Å². The van der Waals surface area contributed by atoms with E-state index in [1.54, 1.807) is 29.8 Å². The average molecular weight is 311 g/mol. The number of hydrogen-bond acceptors (Lipinski definition) is 4. The Hall–Kier alpha value is -2.17.